The third kappa shape index (κ3) is 9.23. The lowest BCUT2D eigenvalue weighted by molar-refractivity contribution is -0.269. The van der Waals surface area contributed by atoms with Crippen LogP contribution in [0, 0.1) is 0 Å². The highest BCUT2D eigenvalue weighted by molar-refractivity contribution is 7.50. The van der Waals surface area contributed by atoms with E-state index in [0.29, 0.717) is 19.8 Å². The van der Waals surface area contributed by atoms with Crippen LogP contribution in [0.3, 0.4) is 0 Å². The molecule has 28 heavy (non-hydrogen) atoms. The molecule has 1 heterocycles. The van der Waals surface area contributed by atoms with E-state index in [1.54, 1.807) is 7.11 Å². The maximum absolute atomic E-state index is 12.1. The van der Waals surface area contributed by atoms with E-state index in [2.05, 4.69) is 5.32 Å². The van der Waals surface area contributed by atoms with Crippen molar-refractivity contribution in [3.8, 4) is 0 Å². The van der Waals surface area contributed by atoms with E-state index in [0.717, 1.165) is 6.66 Å². The molecule has 0 aliphatic carbocycles. The van der Waals surface area contributed by atoms with Crippen molar-refractivity contribution in [3.63, 3.8) is 0 Å². The van der Waals surface area contributed by atoms with Crippen molar-refractivity contribution in [2.75, 3.05) is 53.4 Å². The monoisotopic (exact) mass is 430 g/mol. The van der Waals surface area contributed by atoms with Crippen molar-refractivity contribution >= 4 is 13.5 Å². The van der Waals surface area contributed by atoms with Gasteiger partial charge in [0, 0.05) is 20.2 Å². The van der Waals surface area contributed by atoms with Gasteiger partial charge in [-0.3, -0.25) is 4.79 Å². The molecule has 166 valence electrons. The van der Waals surface area contributed by atoms with E-state index >= 15 is 0 Å². The molecule has 0 aromatic rings. The number of hydrogen-bond acceptors (Lipinski definition) is 11. The molecule has 0 radical (unpaired) electrons. The van der Waals surface area contributed by atoms with Crippen LogP contribution in [0.1, 0.15) is 6.42 Å². The predicted molar refractivity (Wildman–Crippen MR) is 92.4 cm³/mol. The Morgan fingerprint density at radius 3 is 2.32 bits per heavy atom. The van der Waals surface area contributed by atoms with Crippen LogP contribution in [-0.4, -0.2) is 105 Å². The fourth-order valence-electron chi connectivity index (χ4n) is 2.40. The lowest BCUT2D eigenvalue weighted by Crippen LogP contribution is -2.64. The molecule has 1 rings (SSSR count). The molecule has 0 aromatic carbocycles. The van der Waals surface area contributed by atoms with E-state index in [-0.39, 0.29) is 19.6 Å². The van der Waals surface area contributed by atoms with Gasteiger partial charge in [0.05, 0.1) is 39.6 Å². The van der Waals surface area contributed by atoms with Gasteiger partial charge in [-0.15, -0.1) is 0 Å². The van der Waals surface area contributed by atoms with E-state index in [1.807, 2.05) is 0 Å². The smallest absolute Gasteiger partial charge is 0.222 e. The van der Waals surface area contributed by atoms with Gasteiger partial charge in [-0.1, -0.05) is 0 Å². The highest BCUT2D eigenvalue weighted by Gasteiger charge is 2.46. The first-order chi connectivity index (χ1) is 13.2. The summed E-state index contributed by atoms with van der Waals surface area (Å²) < 4.78 is 36.6. The highest BCUT2D eigenvalue weighted by Crippen LogP contribution is 2.37. The summed E-state index contributed by atoms with van der Waals surface area (Å²) in [6.45, 7) is 1.68. The molecule has 0 saturated carbocycles. The second-order valence-electron chi connectivity index (χ2n) is 6.14. The lowest BCUT2D eigenvalue weighted by Gasteiger charge is -2.43. The van der Waals surface area contributed by atoms with E-state index in [9.17, 15) is 29.6 Å². The number of hydrogen-bond donors (Lipinski definition) is 4. The van der Waals surface area contributed by atoms with Gasteiger partial charge >= 0.3 is 0 Å². The molecule has 0 bridgehead atoms. The molecule has 6 atom stereocenters. The van der Waals surface area contributed by atoms with Gasteiger partial charge in [0.2, 0.25) is 5.91 Å². The number of carbonyl (C=O) groups is 1. The van der Waals surface area contributed by atoms with Crippen molar-refractivity contribution < 1.29 is 53.0 Å². The third-order valence-corrected chi connectivity index (χ3v) is 4.37. The number of amides is 1. The van der Waals surface area contributed by atoms with Gasteiger partial charge in [0.25, 0.3) is 0 Å². The molecule has 0 aromatic heterocycles. The fraction of sp³-hybridized carbons (Fsp3) is 0.933. The standard InChI is InChI=1S/C15H30NO11P/c1-23-5-6-25-8-7-24-4-3-11(18)16-12-14(20)13(19)10(9-17)26-15(12)27-28(2,21)22/h10,12-15,17,19-20H,3-9H2,1-2H3,(H,16,18)(H,21,22)/p-1/t10?,12?,13-,14+,15-/m0/s1. The number of ether oxygens (including phenoxy) is 4. The zero-order valence-corrected chi connectivity index (χ0v) is 16.8. The normalized spacial score (nSPS) is 30.0. The summed E-state index contributed by atoms with van der Waals surface area (Å²) >= 11 is 0. The average molecular weight is 430 g/mol. The summed E-state index contributed by atoms with van der Waals surface area (Å²) in [5, 5.41) is 31.7. The van der Waals surface area contributed by atoms with E-state index in [4.69, 9.17) is 23.5 Å². The summed E-state index contributed by atoms with van der Waals surface area (Å²) in [6.07, 6.45) is -6.10. The summed E-state index contributed by atoms with van der Waals surface area (Å²) in [6, 6.07) is -1.36. The Balaban J connectivity index is 2.48. The first-order valence-electron chi connectivity index (χ1n) is 8.72. The van der Waals surface area contributed by atoms with Crippen LogP contribution in [0.5, 0.6) is 0 Å². The minimum atomic E-state index is -4.29. The SMILES string of the molecule is COCCOCCOCCC(=O)NC1[C@H](OP(C)(=O)[O-])OC(CO)[C@H](O)[C@@H]1O. The Bertz CT molecular complexity index is 502. The highest BCUT2D eigenvalue weighted by atomic mass is 31.2. The van der Waals surface area contributed by atoms with Crippen LogP contribution >= 0.6 is 7.60 Å². The van der Waals surface area contributed by atoms with Crippen molar-refractivity contribution in [1.82, 2.24) is 5.32 Å². The summed E-state index contributed by atoms with van der Waals surface area (Å²) in [5.41, 5.74) is 0. The topological polar surface area (TPSA) is 176 Å². The molecule has 3 unspecified atom stereocenters. The lowest BCUT2D eigenvalue weighted by atomic mass is 9.97. The third-order valence-electron chi connectivity index (χ3n) is 3.78. The molecule has 1 saturated heterocycles. The van der Waals surface area contributed by atoms with Crippen molar-refractivity contribution in [2.24, 2.45) is 0 Å². The second-order valence-corrected chi connectivity index (χ2v) is 7.90. The first-order valence-corrected chi connectivity index (χ1v) is 10.7. The number of aliphatic hydroxyl groups excluding tert-OH is 3. The summed E-state index contributed by atoms with van der Waals surface area (Å²) in [4.78, 5) is 23.5. The van der Waals surface area contributed by atoms with Gasteiger partial charge in [0.15, 0.2) is 6.29 Å². The Kier molecular flexibility index (Phi) is 11.6. The van der Waals surface area contributed by atoms with E-state index in [1.165, 1.54) is 0 Å². The number of aliphatic hydroxyl groups is 3. The molecule has 0 spiro atoms. The van der Waals surface area contributed by atoms with Crippen LogP contribution in [0.25, 0.3) is 0 Å². The minimum Gasteiger partial charge on any atom is -0.779 e. The van der Waals surface area contributed by atoms with Crippen LogP contribution in [-0.2, 0) is 32.8 Å². The first kappa shape index (κ1) is 25.4. The summed E-state index contributed by atoms with van der Waals surface area (Å²) in [5.74, 6) is -0.576. The molecule has 12 nitrogen and oxygen atoms in total. The maximum Gasteiger partial charge on any atom is 0.222 e. The van der Waals surface area contributed by atoms with Gasteiger partial charge in [-0.2, -0.15) is 0 Å². The number of nitrogens with one attached hydrogen (secondary N) is 1. The van der Waals surface area contributed by atoms with Crippen LogP contribution < -0.4 is 10.2 Å². The van der Waals surface area contributed by atoms with Crippen molar-refractivity contribution in [3.05, 3.63) is 0 Å². The van der Waals surface area contributed by atoms with Crippen molar-refractivity contribution in [2.45, 2.75) is 37.1 Å². The maximum atomic E-state index is 12.1. The second kappa shape index (κ2) is 12.8. The quantitative estimate of drug-likeness (QED) is 0.175. The molecule has 1 fully saturated rings. The zero-order valence-electron chi connectivity index (χ0n) is 15.9. The molecule has 1 aliphatic heterocycles. The van der Waals surface area contributed by atoms with Crippen LogP contribution in [0.2, 0.25) is 0 Å². The number of rotatable bonds is 13. The predicted octanol–water partition coefficient (Wildman–Crippen LogP) is -2.82. The Labute approximate surface area is 163 Å². The molecule has 1 amide bonds. The minimum absolute atomic E-state index is 0.0598. The summed E-state index contributed by atoms with van der Waals surface area (Å²) in [7, 11) is -2.73. The molecular formula is C15H29NO11P-. The zero-order chi connectivity index (χ0) is 21.2. The average Bonchev–Trinajstić information content (AvgIpc) is 2.62. The Hall–Kier alpha value is -0.660. The van der Waals surface area contributed by atoms with E-state index < -0.39 is 50.8 Å². The Morgan fingerprint density at radius 2 is 1.75 bits per heavy atom. The Morgan fingerprint density at radius 1 is 1.14 bits per heavy atom. The largest absolute Gasteiger partial charge is 0.779 e. The number of carbonyl (C=O) groups excluding carboxylic acids is 1. The van der Waals surface area contributed by atoms with Crippen molar-refractivity contribution in [1.29, 1.82) is 0 Å². The molecular weight excluding hydrogens is 401 g/mol. The fourth-order valence-corrected chi connectivity index (χ4v) is 2.96. The van der Waals surface area contributed by atoms with Gasteiger partial charge in [-0.05, 0) is 0 Å². The van der Waals surface area contributed by atoms with Gasteiger partial charge in [-0.25, -0.2) is 0 Å². The van der Waals surface area contributed by atoms with Gasteiger partial charge < -0.3 is 53.6 Å². The van der Waals surface area contributed by atoms with Gasteiger partial charge in [0.1, 0.15) is 31.9 Å². The molecule has 13 heteroatoms. The molecule has 4 N–H and O–H groups in total. The number of methoxy groups -OCH3 is 1. The van der Waals surface area contributed by atoms with Crippen LogP contribution in [0.4, 0.5) is 0 Å². The van der Waals surface area contributed by atoms with Crippen LogP contribution in [0.15, 0.2) is 0 Å². The molecule has 1 aliphatic rings.